The van der Waals surface area contributed by atoms with Gasteiger partial charge in [-0.2, -0.15) is 8.78 Å². The van der Waals surface area contributed by atoms with Gasteiger partial charge in [-0.15, -0.1) is 0 Å². The fourth-order valence-corrected chi connectivity index (χ4v) is 1.85. The number of rotatable bonds is 3. The minimum Gasteiger partial charge on any atom is -0.326 e. The number of imidazole rings is 1. The van der Waals surface area contributed by atoms with Gasteiger partial charge in [-0.25, -0.2) is 4.98 Å². The van der Waals surface area contributed by atoms with Crippen molar-refractivity contribution >= 4 is 0 Å². The molecule has 2 rings (SSSR count). The van der Waals surface area contributed by atoms with Gasteiger partial charge in [0.2, 0.25) is 0 Å². The van der Waals surface area contributed by atoms with Gasteiger partial charge in [-0.3, -0.25) is 9.47 Å². The molecule has 1 aliphatic rings. The van der Waals surface area contributed by atoms with E-state index < -0.39 is 6.55 Å². The number of likely N-dealkylation sites (tertiary alicyclic amines) is 1. The predicted molar refractivity (Wildman–Crippen MR) is 51.3 cm³/mol. The zero-order valence-electron chi connectivity index (χ0n) is 8.31. The van der Waals surface area contributed by atoms with Gasteiger partial charge in [0.05, 0.1) is 6.54 Å². The van der Waals surface area contributed by atoms with E-state index in [0.29, 0.717) is 12.4 Å². The predicted octanol–water partition coefficient (Wildman–Crippen LogP) is 0.811. The molecule has 0 bridgehead atoms. The number of nitrogens with zero attached hydrogens (tertiary/aromatic N) is 3. The minimum atomic E-state index is -2.52. The highest BCUT2D eigenvalue weighted by Crippen LogP contribution is 2.16. The van der Waals surface area contributed by atoms with Crippen LogP contribution in [-0.4, -0.2) is 33.6 Å². The summed E-state index contributed by atoms with van der Waals surface area (Å²) in [4.78, 5) is 5.97. The van der Waals surface area contributed by atoms with E-state index in [2.05, 4.69) is 4.98 Å². The number of halogens is 2. The van der Waals surface area contributed by atoms with E-state index in [9.17, 15) is 8.78 Å². The monoisotopic (exact) mass is 216 g/mol. The Balaban J connectivity index is 2.01. The van der Waals surface area contributed by atoms with E-state index in [1.807, 2.05) is 4.90 Å². The Bertz CT molecular complexity index is 326. The summed E-state index contributed by atoms with van der Waals surface area (Å²) in [5.74, 6) is 0.402. The summed E-state index contributed by atoms with van der Waals surface area (Å²) in [5.41, 5.74) is 5.73. The molecule has 1 atom stereocenters. The maximum atomic E-state index is 12.5. The molecule has 0 saturated carbocycles. The van der Waals surface area contributed by atoms with Gasteiger partial charge < -0.3 is 5.73 Å². The fourth-order valence-electron chi connectivity index (χ4n) is 1.85. The molecule has 1 unspecified atom stereocenters. The topological polar surface area (TPSA) is 47.1 Å². The van der Waals surface area contributed by atoms with Crippen molar-refractivity contribution in [3.8, 4) is 0 Å². The Hall–Kier alpha value is -1.01. The lowest BCUT2D eigenvalue weighted by Gasteiger charge is -2.15. The van der Waals surface area contributed by atoms with Crippen LogP contribution in [0.25, 0.3) is 0 Å². The first-order valence-corrected chi connectivity index (χ1v) is 4.94. The second-order valence-electron chi connectivity index (χ2n) is 3.81. The molecule has 1 aromatic heterocycles. The van der Waals surface area contributed by atoms with E-state index in [0.717, 1.165) is 24.1 Å². The first-order chi connectivity index (χ1) is 7.16. The van der Waals surface area contributed by atoms with E-state index in [-0.39, 0.29) is 6.04 Å². The van der Waals surface area contributed by atoms with Crippen molar-refractivity contribution in [1.82, 2.24) is 14.5 Å². The average Bonchev–Trinajstić information content (AvgIpc) is 2.75. The maximum Gasteiger partial charge on any atom is 0.319 e. The van der Waals surface area contributed by atoms with Crippen molar-refractivity contribution in [3.63, 3.8) is 0 Å². The van der Waals surface area contributed by atoms with Crippen LogP contribution in [0.1, 0.15) is 18.8 Å². The van der Waals surface area contributed by atoms with Crippen LogP contribution in [0, 0.1) is 0 Å². The third-order valence-corrected chi connectivity index (χ3v) is 2.63. The fraction of sp³-hybridized carbons (Fsp3) is 0.667. The van der Waals surface area contributed by atoms with Crippen LogP contribution in [0.2, 0.25) is 0 Å². The van der Waals surface area contributed by atoms with Crippen molar-refractivity contribution in [2.24, 2.45) is 5.73 Å². The summed E-state index contributed by atoms with van der Waals surface area (Å²) in [6.07, 6.45) is 3.63. The average molecular weight is 216 g/mol. The van der Waals surface area contributed by atoms with Crippen LogP contribution in [0.5, 0.6) is 0 Å². The molecule has 15 heavy (non-hydrogen) atoms. The molecule has 2 heterocycles. The first kappa shape index (κ1) is 10.5. The summed E-state index contributed by atoms with van der Waals surface area (Å²) in [6, 6.07) is 0.167. The summed E-state index contributed by atoms with van der Waals surface area (Å²) >= 11 is 0. The maximum absolute atomic E-state index is 12.5. The Morgan fingerprint density at radius 1 is 1.60 bits per heavy atom. The third-order valence-electron chi connectivity index (χ3n) is 2.63. The van der Waals surface area contributed by atoms with Gasteiger partial charge in [0.25, 0.3) is 0 Å². The Kier molecular flexibility index (Phi) is 2.97. The molecule has 2 N–H and O–H groups in total. The zero-order chi connectivity index (χ0) is 10.8. The van der Waals surface area contributed by atoms with Gasteiger partial charge in [-0.05, 0) is 6.42 Å². The van der Waals surface area contributed by atoms with Crippen LogP contribution in [-0.2, 0) is 6.54 Å². The summed E-state index contributed by atoms with van der Waals surface area (Å²) in [5, 5.41) is 0. The van der Waals surface area contributed by atoms with Crippen LogP contribution in [0.3, 0.4) is 0 Å². The van der Waals surface area contributed by atoms with Crippen LogP contribution in [0.15, 0.2) is 12.4 Å². The SMILES string of the molecule is NC1CCN(Cc2nccn2C(F)F)C1. The second-order valence-corrected chi connectivity index (χ2v) is 3.81. The van der Waals surface area contributed by atoms with Crippen LogP contribution < -0.4 is 5.73 Å². The number of hydrogen-bond donors (Lipinski definition) is 1. The zero-order valence-corrected chi connectivity index (χ0v) is 8.31. The van der Waals surface area contributed by atoms with Crippen molar-refractivity contribution in [1.29, 1.82) is 0 Å². The molecule has 0 aliphatic carbocycles. The van der Waals surface area contributed by atoms with E-state index in [1.165, 1.54) is 12.4 Å². The molecule has 1 aromatic rings. The lowest BCUT2D eigenvalue weighted by molar-refractivity contribution is 0.0645. The molecule has 0 amide bonds. The van der Waals surface area contributed by atoms with Crippen molar-refractivity contribution in [3.05, 3.63) is 18.2 Å². The van der Waals surface area contributed by atoms with E-state index in [1.54, 1.807) is 0 Å². The Morgan fingerprint density at radius 2 is 2.40 bits per heavy atom. The first-order valence-electron chi connectivity index (χ1n) is 4.94. The summed E-state index contributed by atoms with van der Waals surface area (Å²) < 4.78 is 25.9. The highest BCUT2D eigenvalue weighted by atomic mass is 19.3. The van der Waals surface area contributed by atoms with Gasteiger partial charge in [-0.1, -0.05) is 0 Å². The van der Waals surface area contributed by atoms with Crippen LogP contribution in [0.4, 0.5) is 8.78 Å². The van der Waals surface area contributed by atoms with Gasteiger partial charge in [0.1, 0.15) is 5.82 Å². The molecule has 1 aliphatic heterocycles. The summed E-state index contributed by atoms with van der Waals surface area (Å²) in [7, 11) is 0. The molecule has 84 valence electrons. The van der Waals surface area contributed by atoms with Gasteiger partial charge >= 0.3 is 6.55 Å². The lowest BCUT2D eigenvalue weighted by atomic mass is 10.3. The van der Waals surface area contributed by atoms with Crippen molar-refractivity contribution in [2.45, 2.75) is 25.6 Å². The number of nitrogens with two attached hydrogens (primary N) is 1. The summed E-state index contributed by atoms with van der Waals surface area (Å²) in [6.45, 7) is -0.447. The highest BCUT2D eigenvalue weighted by Gasteiger charge is 2.21. The highest BCUT2D eigenvalue weighted by molar-refractivity contribution is 4.94. The molecule has 0 aromatic carbocycles. The molecule has 0 radical (unpaired) electrons. The molecule has 0 spiro atoms. The minimum absolute atomic E-state index is 0.167. The van der Waals surface area contributed by atoms with Gasteiger partial charge in [0, 0.05) is 31.5 Å². The second kappa shape index (κ2) is 4.24. The molecular formula is C9H14F2N4. The number of alkyl halides is 2. The van der Waals surface area contributed by atoms with E-state index >= 15 is 0 Å². The van der Waals surface area contributed by atoms with Gasteiger partial charge in [0.15, 0.2) is 0 Å². The Morgan fingerprint density at radius 3 is 3.00 bits per heavy atom. The van der Waals surface area contributed by atoms with Crippen LogP contribution >= 0.6 is 0 Å². The third kappa shape index (κ3) is 2.32. The number of aromatic nitrogens is 2. The largest absolute Gasteiger partial charge is 0.326 e. The van der Waals surface area contributed by atoms with Crippen molar-refractivity contribution in [2.75, 3.05) is 13.1 Å². The molecule has 6 heteroatoms. The molecule has 4 nitrogen and oxygen atoms in total. The lowest BCUT2D eigenvalue weighted by Crippen LogP contribution is -2.27. The quantitative estimate of drug-likeness (QED) is 0.813. The smallest absolute Gasteiger partial charge is 0.319 e. The molecule has 1 saturated heterocycles. The normalized spacial score (nSPS) is 22.8. The standard InChI is InChI=1S/C9H14F2N4/c10-9(11)15-4-2-13-8(15)6-14-3-1-7(12)5-14/h2,4,7,9H,1,3,5-6,12H2. The molecular weight excluding hydrogens is 202 g/mol. The number of hydrogen-bond acceptors (Lipinski definition) is 3. The molecule has 1 fully saturated rings. The van der Waals surface area contributed by atoms with Crippen molar-refractivity contribution < 1.29 is 8.78 Å². The Labute approximate surface area is 86.7 Å². The van der Waals surface area contributed by atoms with E-state index in [4.69, 9.17) is 5.73 Å².